The van der Waals surface area contributed by atoms with Crippen LogP contribution in [0.1, 0.15) is 25.0 Å². The van der Waals surface area contributed by atoms with E-state index in [1.807, 2.05) is 0 Å². The molecular weight excluding hydrogens is 795 g/mol. The van der Waals surface area contributed by atoms with Crippen LogP contribution in [0.15, 0.2) is 249 Å². The molecule has 66 heavy (non-hydrogen) atoms. The highest BCUT2D eigenvalue weighted by atomic mass is 15.1. The number of hydrogen-bond donors (Lipinski definition) is 0. The van der Waals surface area contributed by atoms with E-state index in [0.717, 1.165) is 17.1 Å². The highest BCUT2D eigenvalue weighted by Gasteiger charge is 2.36. The molecule has 0 saturated heterocycles. The minimum atomic E-state index is -0.201. The Bertz CT molecular complexity index is 3510. The fraction of sp³-hybridized carbons (Fsp3) is 0.0462. The Balaban J connectivity index is 0.874. The molecular formula is C65H47N. The van der Waals surface area contributed by atoms with Crippen molar-refractivity contribution in [2.24, 2.45) is 0 Å². The average molecular weight is 842 g/mol. The molecule has 1 nitrogen and oxygen atoms in total. The van der Waals surface area contributed by atoms with Gasteiger partial charge in [0.15, 0.2) is 0 Å². The van der Waals surface area contributed by atoms with Gasteiger partial charge in [-0.05, 0) is 166 Å². The number of benzene rings is 11. The van der Waals surface area contributed by atoms with Gasteiger partial charge in [0.05, 0.1) is 0 Å². The first-order chi connectivity index (χ1) is 32.5. The van der Waals surface area contributed by atoms with Gasteiger partial charge in [-0.1, -0.05) is 196 Å². The molecule has 0 N–H and O–H groups in total. The van der Waals surface area contributed by atoms with Gasteiger partial charge in [0.25, 0.3) is 0 Å². The maximum atomic E-state index is 2.43. The van der Waals surface area contributed by atoms with Crippen molar-refractivity contribution in [2.75, 3.05) is 4.90 Å². The SMILES string of the molecule is CC1(C)c2cc(-c3ccc(-c4cc5ccccc5c5ccccc45)cc3)ccc2-c2ccc(N(c3ccccc3)c3ccc(-c4cc(-c5ccccc5)cc(-c5ccccc5)c4)cc3)cc21. The Morgan fingerprint density at radius 2 is 0.682 bits per heavy atom. The van der Waals surface area contributed by atoms with E-state index in [-0.39, 0.29) is 5.41 Å². The maximum Gasteiger partial charge on any atom is 0.0465 e. The Morgan fingerprint density at radius 3 is 1.32 bits per heavy atom. The fourth-order valence-electron chi connectivity index (χ4n) is 10.4. The van der Waals surface area contributed by atoms with Gasteiger partial charge in [0.1, 0.15) is 0 Å². The molecule has 0 bridgehead atoms. The van der Waals surface area contributed by atoms with Crippen molar-refractivity contribution >= 4 is 38.6 Å². The minimum Gasteiger partial charge on any atom is -0.310 e. The molecule has 1 aliphatic carbocycles. The quantitative estimate of drug-likeness (QED) is 0.138. The molecule has 11 aromatic rings. The zero-order chi connectivity index (χ0) is 44.2. The number of nitrogens with zero attached hydrogens (tertiary/aromatic N) is 1. The lowest BCUT2D eigenvalue weighted by molar-refractivity contribution is 0.660. The van der Waals surface area contributed by atoms with E-state index >= 15 is 0 Å². The lowest BCUT2D eigenvalue weighted by Crippen LogP contribution is -2.16. The molecule has 0 spiro atoms. The summed E-state index contributed by atoms with van der Waals surface area (Å²) in [6.45, 7) is 4.77. The van der Waals surface area contributed by atoms with Gasteiger partial charge in [0, 0.05) is 22.5 Å². The van der Waals surface area contributed by atoms with E-state index in [0.29, 0.717) is 0 Å². The second kappa shape index (κ2) is 16.1. The van der Waals surface area contributed by atoms with Crippen molar-refractivity contribution in [3.63, 3.8) is 0 Å². The molecule has 0 aliphatic heterocycles. The average Bonchev–Trinajstić information content (AvgIpc) is 3.61. The van der Waals surface area contributed by atoms with E-state index < -0.39 is 0 Å². The minimum absolute atomic E-state index is 0.201. The van der Waals surface area contributed by atoms with E-state index in [4.69, 9.17) is 0 Å². The number of anilines is 3. The molecule has 0 atom stereocenters. The molecule has 1 aliphatic rings. The molecule has 0 fully saturated rings. The molecule has 1 heteroatoms. The van der Waals surface area contributed by atoms with Gasteiger partial charge in [0.2, 0.25) is 0 Å². The summed E-state index contributed by atoms with van der Waals surface area (Å²) in [5, 5.41) is 5.14. The highest BCUT2D eigenvalue weighted by molar-refractivity contribution is 6.13. The summed E-state index contributed by atoms with van der Waals surface area (Å²) >= 11 is 0. The van der Waals surface area contributed by atoms with Gasteiger partial charge in [-0.2, -0.15) is 0 Å². The van der Waals surface area contributed by atoms with Crippen LogP contribution in [0.3, 0.4) is 0 Å². The number of para-hydroxylation sites is 1. The molecule has 312 valence electrons. The Morgan fingerprint density at radius 1 is 0.258 bits per heavy atom. The highest BCUT2D eigenvalue weighted by Crippen LogP contribution is 2.52. The summed E-state index contributed by atoms with van der Waals surface area (Å²) in [6, 6.07) is 91.3. The van der Waals surface area contributed by atoms with Crippen molar-refractivity contribution in [1.82, 2.24) is 0 Å². The summed E-state index contributed by atoms with van der Waals surface area (Å²) in [7, 11) is 0. The largest absolute Gasteiger partial charge is 0.310 e. The molecule has 0 aromatic heterocycles. The number of rotatable bonds is 8. The van der Waals surface area contributed by atoms with Crippen LogP contribution in [0.2, 0.25) is 0 Å². The first kappa shape index (κ1) is 39.3. The molecule has 0 radical (unpaired) electrons. The lowest BCUT2D eigenvalue weighted by Gasteiger charge is -2.28. The maximum absolute atomic E-state index is 2.43. The molecule has 0 amide bonds. The summed E-state index contributed by atoms with van der Waals surface area (Å²) < 4.78 is 0. The van der Waals surface area contributed by atoms with Gasteiger partial charge in [-0.3, -0.25) is 0 Å². The Kier molecular flexibility index (Phi) is 9.58. The third-order valence-corrected chi connectivity index (χ3v) is 13.8. The standard InChI is InChI=1S/C65H47N/c1-65(2)63-42-49(46-26-28-48(29-27-46)62-41-50-20-12-13-23-57(50)58-24-14-15-25-59(58)62)32-36-60(63)61-37-35-56(43-64(61)65)66(54-21-10-5-11-22-54)55-33-30-47(31-34-55)53-39-51(44-16-6-3-7-17-44)38-52(40-53)45-18-8-4-9-19-45/h3-43H,1-2H3. The summed E-state index contributed by atoms with van der Waals surface area (Å²) in [4.78, 5) is 2.39. The molecule has 12 rings (SSSR count). The summed E-state index contributed by atoms with van der Waals surface area (Å²) in [5.41, 5.74) is 20.7. The lowest BCUT2D eigenvalue weighted by atomic mass is 9.81. The van der Waals surface area contributed by atoms with Crippen LogP contribution in [0, 0.1) is 0 Å². The van der Waals surface area contributed by atoms with Crippen LogP contribution < -0.4 is 4.90 Å². The fourth-order valence-corrected chi connectivity index (χ4v) is 10.4. The Hall–Kier alpha value is -8.26. The van der Waals surface area contributed by atoms with Crippen molar-refractivity contribution in [2.45, 2.75) is 19.3 Å². The first-order valence-corrected chi connectivity index (χ1v) is 23.0. The van der Waals surface area contributed by atoms with E-state index in [2.05, 4.69) is 267 Å². The molecule has 0 unspecified atom stereocenters. The van der Waals surface area contributed by atoms with Gasteiger partial charge < -0.3 is 4.90 Å². The smallest absolute Gasteiger partial charge is 0.0465 e. The predicted octanol–water partition coefficient (Wildman–Crippen LogP) is 18.1. The summed E-state index contributed by atoms with van der Waals surface area (Å²) in [5.74, 6) is 0. The Labute approximate surface area is 387 Å². The second-order valence-corrected chi connectivity index (χ2v) is 18.1. The monoisotopic (exact) mass is 841 g/mol. The van der Waals surface area contributed by atoms with Crippen LogP contribution in [0.4, 0.5) is 17.1 Å². The molecule has 11 aromatic carbocycles. The van der Waals surface area contributed by atoms with Crippen molar-refractivity contribution in [3.8, 4) is 66.8 Å². The van der Waals surface area contributed by atoms with Crippen molar-refractivity contribution in [1.29, 1.82) is 0 Å². The summed E-state index contributed by atoms with van der Waals surface area (Å²) in [6.07, 6.45) is 0. The van der Waals surface area contributed by atoms with E-state index in [9.17, 15) is 0 Å². The van der Waals surface area contributed by atoms with E-state index in [1.54, 1.807) is 0 Å². The van der Waals surface area contributed by atoms with Crippen LogP contribution in [-0.2, 0) is 5.41 Å². The normalized spacial score (nSPS) is 12.5. The van der Waals surface area contributed by atoms with Gasteiger partial charge in [-0.15, -0.1) is 0 Å². The van der Waals surface area contributed by atoms with Gasteiger partial charge >= 0.3 is 0 Å². The van der Waals surface area contributed by atoms with E-state index in [1.165, 1.54) is 99.4 Å². The van der Waals surface area contributed by atoms with Crippen molar-refractivity contribution < 1.29 is 0 Å². The van der Waals surface area contributed by atoms with Crippen LogP contribution >= 0.6 is 0 Å². The van der Waals surface area contributed by atoms with Crippen molar-refractivity contribution in [3.05, 3.63) is 260 Å². The number of hydrogen-bond acceptors (Lipinski definition) is 1. The third-order valence-electron chi connectivity index (χ3n) is 13.8. The third kappa shape index (κ3) is 6.89. The second-order valence-electron chi connectivity index (χ2n) is 18.1. The zero-order valence-corrected chi connectivity index (χ0v) is 37.1. The molecule has 0 saturated carbocycles. The van der Waals surface area contributed by atoms with Crippen LogP contribution in [0.5, 0.6) is 0 Å². The van der Waals surface area contributed by atoms with Gasteiger partial charge in [-0.25, -0.2) is 0 Å². The first-order valence-electron chi connectivity index (χ1n) is 23.0. The molecule has 0 heterocycles. The number of fused-ring (bicyclic) bond motifs is 6. The van der Waals surface area contributed by atoms with Crippen LogP contribution in [-0.4, -0.2) is 0 Å². The zero-order valence-electron chi connectivity index (χ0n) is 37.1. The topological polar surface area (TPSA) is 3.24 Å². The predicted molar refractivity (Wildman–Crippen MR) is 281 cm³/mol. The van der Waals surface area contributed by atoms with Crippen LogP contribution in [0.25, 0.3) is 88.3 Å².